The van der Waals surface area contributed by atoms with Gasteiger partial charge in [-0.05, 0) is 18.2 Å². The second-order valence-electron chi connectivity index (χ2n) is 2.25. The van der Waals surface area contributed by atoms with Gasteiger partial charge in [-0.25, -0.2) is 8.78 Å². The van der Waals surface area contributed by atoms with Gasteiger partial charge in [0, 0.05) is 4.90 Å². The number of rotatable bonds is 3. The van der Waals surface area contributed by atoms with Crippen molar-refractivity contribution in [3.8, 4) is 0 Å². The SMILES string of the molecule is O=CCS(=O)c1ccc(F)c(F)c1. The van der Waals surface area contributed by atoms with Gasteiger partial charge in [0.2, 0.25) is 0 Å². The number of benzene rings is 1. The monoisotopic (exact) mass is 204 g/mol. The van der Waals surface area contributed by atoms with Crippen molar-refractivity contribution < 1.29 is 17.8 Å². The van der Waals surface area contributed by atoms with Gasteiger partial charge in [0.1, 0.15) is 6.29 Å². The summed E-state index contributed by atoms with van der Waals surface area (Å²) < 4.78 is 36.1. The Morgan fingerprint density at radius 1 is 1.31 bits per heavy atom. The molecule has 0 bridgehead atoms. The van der Waals surface area contributed by atoms with Crippen LogP contribution in [0.4, 0.5) is 8.78 Å². The van der Waals surface area contributed by atoms with Crippen LogP contribution in [0.2, 0.25) is 0 Å². The molecule has 1 aromatic carbocycles. The van der Waals surface area contributed by atoms with Gasteiger partial charge >= 0.3 is 0 Å². The zero-order chi connectivity index (χ0) is 9.84. The van der Waals surface area contributed by atoms with Crippen LogP contribution in [0.1, 0.15) is 0 Å². The molecule has 0 spiro atoms. The van der Waals surface area contributed by atoms with Crippen molar-refractivity contribution in [2.75, 3.05) is 5.75 Å². The van der Waals surface area contributed by atoms with Gasteiger partial charge in [0.15, 0.2) is 11.6 Å². The third-order valence-electron chi connectivity index (χ3n) is 1.37. The molecular formula is C8H6F2O2S. The Hall–Kier alpha value is -1.10. The summed E-state index contributed by atoms with van der Waals surface area (Å²) in [6, 6.07) is 2.90. The summed E-state index contributed by atoms with van der Waals surface area (Å²) in [6.45, 7) is 0. The maximum Gasteiger partial charge on any atom is 0.160 e. The zero-order valence-electron chi connectivity index (χ0n) is 6.50. The number of carbonyl (C=O) groups excluding carboxylic acids is 1. The summed E-state index contributed by atoms with van der Waals surface area (Å²) >= 11 is 0. The fourth-order valence-corrected chi connectivity index (χ4v) is 1.55. The average Bonchev–Trinajstić information content (AvgIpc) is 2.10. The average molecular weight is 204 g/mol. The molecule has 0 saturated carbocycles. The molecule has 2 nitrogen and oxygen atoms in total. The van der Waals surface area contributed by atoms with Crippen molar-refractivity contribution in [2.45, 2.75) is 4.90 Å². The second kappa shape index (κ2) is 4.23. The minimum Gasteiger partial charge on any atom is -0.302 e. The normalized spacial score (nSPS) is 12.5. The highest BCUT2D eigenvalue weighted by atomic mass is 32.2. The van der Waals surface area contributed by atoms with Crippen LogP contribution in [-0.4, -0.2) is 16.2 Å². The molecule has 0 heterocycles. The third-order valence-corrected chi connectivity index (χ3v) is 2.59. The fraction of sp³-hybridized carbons (Fsp3) is 0.125. The van der Waals surface area contributed by atoms with E-state index in [0.717, 1.165) is 12.1 Å². The van der Waals surface area contributed by atoms with E-state index in [1.54, 1.807) is 0 Å². The minimum atomic E-state index is -1.58. The summed E-state index contributed by atoms with van der Waals surface area (Å²) in [5, 5.41) is 0. The van der Waals surface area contributed by atoms with E-state index >= 15 is 0 Å². The highest BCUT2D eigenvalue weighted by Gasteiger charge is 2.07. The summed E-state index contributed by atoms with van der Waals surface area (Å²) in [6.07, 6.45) is 0.470. The van der Waals surface area contributed by atoms with Crippen LogP contribution in [0, 0.1) is 11.6 Å². The quantitative estimate of drug-likeness (QED) is 0.695. The van der Waals surface area contributed by atoms with Crippen molar-refractivity contribution in [2.24, 2.45) is 0 Å². The molecule has 0 N–H and O–H groups in total. The van der Waals surface area contributed by atoms with Crippen molar-refractivity contribution in [3.63, 3.8) is 0 Å². The lowest BCUT2D eigenvalue weighted by atomic mass is 10.3. The van der Waals surface area contributed by atoms with Gasteiger partial charge in [-0.3, -0.25) is 4.21 Å². The van der Waals surface area contributed by atoms with E-state index < -0.39 is 22.4 Å². The Bertz CT molecular complexity index is 352. The predicted molar refractivity (Wildman–Crippen MR) is 43.7 cm³/mol. The van der Waals surface area contributed by atoms with Gasteiger partial charge in [-0.2, -0.15) is 0 Å². The van der Waals surface area contributed by atoms with Crippen LogP contribution in [0.15, 0.2) is 23.1 Å². The molecule has 1 unspecified atom stereocenters. The first-order valence-electron chi connectivity index (χ1n) is 3.42. The number of hydrogen-bond acceptors (Lipinski definition) is 2. The van der Waals surface area contributed by atoms with Gasteiger partial charge in [0.05, 0.1) is 16.6 Å². The van der Waals surface area contributed by atoms with Crippen LogP contribution >= 0.6 is 0 Å². The molecule has 1 rings (SSSR count). The van der Waals surface area contributed by atoms with Gasteiger partial charge in [-0.15, -0.1) is 0 Å². The predicted octanol–water partition coefficient (Wildman–Crippen LogP) is 1.27. The first-order valence-corrected chi connectivity index (χ1v) is 4.74. The van der Waals surface area contributed by atoms with E-state index in [0.29, 0.717) is 6.29 Å². The Balaban J connectivity index is 2.96. The first kappa shape index (κ1) is 9.98. The van der Waals surface area contributed by atoms with Gasteiger partial charge < -0.3 is 4.79 Å². The number of halogens is 2. The largest absolute Gasteiger partial charge is 0.302 e. The maximum absolute atomic E-state index is 12.6. The maximum atomic E-state index is 12.6. The Morgan fingerprint density at radius 2 is 2.00 bits per heavy atom. The Morgan fingerprint density at radius 3 is 2.54 bits per heavy atom. The molecule has 0 amide bonds. The third kappa shape index (κ3) is 2.42. The Kier molecular flexibility index (Phi) is 3.25. The summed E-state index contributed by atoms with van der Waals surface area (Å²) in [4.78, 5) is 10.1. The lowest BCUT2D eigenvalue weighted by Crippen LogP contribution is -1.99. The van der Waals surface area contributed by atoms with Gasteiger partial charge in [0.25, 0.3) is 0 Å². The molecule has 5 heteroatoms. The number of hydrogen-bond donors (Lipinski definition) is 0. The first-order chi connectivity index (χ1) is 6.15. The van der Waals surface area contributed by atoms with E-state index in [2.05, 4.69) is 0 Å². The molecule has 0 aromatic heterocycles. The molecule has 1 atom stereocenters. The molecule has 0 saturated heterocycles. The lowest BCUT2D eigenvalue weighted by molar-refractivity contribution is -0.105. The molecule has 0 aliphatic heterocycles. The molecule has 70 valence electrons. The Labute approximate surface area is 76.0 Å². The van der Waals surface area contributed by atoms with E-state index in [1.807, 2.05) is 0 Å². The molecule has 13 heavy (non-hydrogen) atoms. The molecule has 0 aliphatic carbocycles. The van der Waals surface area contributed by atoms with Gasteiger partial charge in [-0.1, -0.05) is 0 Å². The standard InChI is InChI=1S/C8H6F2O2S/c9-7-2-1-6(5-8(7)10)13(12)4-3-11/h1-3,5H,4H2. The molecule has 1 aromatic rings. The van der Waals surface area contributed by atoms with Crippen LogP contribution in [0.25, 0.3) is 0 Å². The molecule has 0 radical (unpaired) electrons. The van der Waals surface area contributed by atoms with E-state index in [9.17, 15) is 17.8 Å². The van der Waals surface area contributed by atoms with E-state index in [-0.39, 0.29) is 10.6 Å². The smallest absolute Gasteiger partial charge is 0.160 e. The fourth-order valence-electron chi connectivity index (χ4n) is 0.776. The topological polar surface area (TPSA) is 34.1 Å². The van der Waals surface area contributed by atoms with Crippen molar-refractivity contribution >= 4 is 17.1 Å². The van der Waals surface area contributed by atoms with Crippen molar-refractivity contribution in [1.82, 2.24) is 0 Å². The molecule has 0 fully saturated rings. The van der Waals surface area contributed by atoms with E-state index in [1.165, 1.54) is 6.07 Å². The van der Waals surface area contributed by atoms with Crippen molar-refractivity contribution in [3.05, 3.63) is 29.8 Å². The number of carbonyl (C=O) groups is 1. The van der Waals surface area contributed by atoms with Crippen LogP contribution in [0.3, 0.4) is 0 Å². The van der Waals surface area contributed by atoms with E-state index in [4.69, 9.17) is 0 Å². The highest BCUT2D eigenvalue weighted by Crippen LogP contribution is 2.11. The summed E-state index contributed by atoms with van der Waals surface area (Å²) in [5.41, 5.74) is 0. The van der Waals surface area contributed by atoms with Crippen LogP contribution in [0.5, 0.6) is 0 Å². The minimum absolute atomic E-state index is 0.117. The summed E-state index contributed by atoms with van der Waals surface area (Å²) in [5.74, 6) is -2.26. The van der Waals surface area contributed by atoms with Crippen molar-refractivity contribution in [1.29, 1.82) is 0 Å². The van der Waals surface area contributed by atoms with Crippen LogP contribution in [-0.2, 0) is 15.6 Å². The molecule has 0 aliphatic rings. The number of aldehydes is 1. The molecular weight excluding hydrogens is 198 g/mol. The summed E-state index contributed by atoms with van der Waals surface area (Å²) in [7, 11) is -1.58. The highest BCUT2D eigenvalue weighted by molar-refractivity contribution is 7.85. The van der Waals surface area contributed by atoms with Crippen LogP contribution < -0.4 is 0 Å². The second-order valence-corrected chi connectivity index (χ2v) is 3.75. The lowest BCUT2D eigenvalue weighted by Gasteiger charge is -1.98. The zero-order valence-corrected chi connectivity index (χ0v) is 7.31.